The van der Waals surface area contributed by atoms with Gasteiger partial charge in [-0.25, -0.2) is 9.18 Å². The van der Waals surface area contributed by atoms with Gasteiger partial charge in [0.1, 0.15) is 5.75 Å². The minimum Gasteiger partial charge on any atom is -0.453 e. The molecule has 0 aliphatic rings. The minimum atomic E-state index is -0.675. The summed E-state index contributed by atoms with van der Waals surface area (Å²) in [6.07, 6.45) is 3.32. The third-order valence-electron chi connectivity index (χ3n) is 7.02. The Kier molecular flexibility index (Phi) is 10.4. The van der Waals surface area contributed by atoms with Gasteiger partial charge in [-0.15, -0.1) is 11.3 Å². The van der Waals surface area contributed by atoms with Crippen LogP contribution in [0.2, 0.25) is 0 Å². The van der Waals surface area contributed by atoms with E-state index in [-0.39, 0.29) is 23.3 Å². The van der Waals surface area contributed by atoms with Crippen LogP contribution in [0, 0.1) is 5.82 Å². The standard InChI is InChI=1S/C34H33FN6O5S/c1-21(42)41(14-15-45-4)20-22-8-10-27(37-19-22)31-18-28-32(47-31)30(12-13-36-28)46-29-11-9-25(17-26(29)35)39-34(44)38-24-7-5-6-23(16-24)33(43)40(2)3/h5-13,16-19H,14-15,20H2,1-4H3,(H2,38,39,44). The number of carbonyl (C=O) groups excluding carboxylic acids is 3. The lowest BCUT2D eigenvalue weighted by molar-refractivity contribution is -0.130. The Balaban J connectivity index is 1.26. The molecule has 0 atom stereocenters. The van der Waals surface area contributed by atoms with E-state index in [1.807, 2.05) is 18.2 Å². The Morgan fingerprint density at radius 3 is 2.40 bits per heavy atom. The van der Waals surface area contributed by atoms with Crippen molar-refractivity contribution in [3.63, 3.8) is 0 Å². The zero-order valence-corrected chi connectivity index (χ0v) is 27.1. The highest BCUT2D eigenvalue weighted by Gasteiger charge is 2.16. The van der Waals surface area contributed by atoms with Crippen LogP contribution in [0.1, 0.15) is 22.8 Å². The van der Waals surface area contributed by atoms with Crippen molar-refractivity contribution in [2.24, 2.45) is 0 Å². The lowest BCUT2D eigenvalue weighted by atomic mass is 10.2. The summed E-state index contributed by atoms with van der Waals surface area (Å²) in [5.74, 6) is -0.526. The molecule has 3 heterocycles. The van der Waals surface area contributed by atoms with E-state index in [1.54, 1.807) is 68.8 Å². The second kappa shape index (κ2) is 14.8. The smallest absolute Gasteiger partial charge is 0.323 e. The molecule has 242 valence electrons. The van der Waals surface area contributed by atoms with Gasteiger partial charge in [-0.1, -0.05) is 12.1 Å². The van der Waals surface area contributed by atoms with Crippen molar-refractivity contribution in [3.05, 3.63) is 96.1 Å². The number of anilines is 2. The molecule has 5 aromatic rings. The summed E-state index contributed by atoms with van der Waals surface area (Å²) in [4.78, 5) is 49.8. The molecule has 5 rings (SSSR count). The number of urea groups is 1. The highest BCUT2D eigenvalue weighted by atomic mass is 32.1. The van der Waals surface area contributed by atoms with Gasteiger partial charge in [0, 0.05) is 82.7 Å². The summed E-state index contributed by atoms with van der Waals surface area (Å²) >= 11 is 1.41. The summed E-state index contributed by atoms with van der Waals surface area (Å²) in [7, 11) is 4.88. The van der Waals surface area contributed by atoms with E-state index in [4.69, 9.17) is 9.47 Å². The molecule has 0 aliphatic carbocycles. The molecule has 0 radical (unpaired) electrons. The Morgan fingerprint density at radius 2 is 1.72 bits per heavy atom. The fourth-order valence-electron chi connectivity index (χ4n) is 4.62. The Hall–Kier alpha value is -5.40. The minimum absolute atomic E-state index is 0.0284. The van der Waals surface area contributed by atoms with Gasteiger partial charge in [0.25, 0.3) is 5.91 Å². The number of nitrogens with zero attached hydrogens (tertiary/aromatic N) is 4. The molecule has 0 spiro atoms. The monoisotopic (exact) mass is 656 g/mol. The quantitative estimate of drug-likeness (QED) is 0.163. The van der Waals surface area contributed by atoms with E-state index in [1.165, 1.54) is 35.3 Å². The van der Waals surface area contributed by atoms with Crippen LogP contribution in [0.3, 0.4) is 0 Å². The number of pyridine rings is 2. The molecule has 3 aromatic heterocycles. The van der Waals surface area contributed by atoms with Crippen molar-refractivity contribution in [3.8, 4) is 22.1 Å². The molecule has 0 fully saturated rings. The van der Waals surface area contributed by atoms with Crippen molar-refractivity contribution < 1.29 is 28.2 Å². The fraction of sp³-hybridized carbons (Fsp3) is 0.206. The molecule has 0 aliphatic heterocycles. The van der Waals surface area contributed by atoms with Gasteiger partial charge in [-0.05, 0) is 48.0 Å². The second-order valence-electron chi connectivity index (χ2n) is 10.7. The Bertz CT molecular complexity index is 1910. The predicted octanol–water partition coefficient (Wildman–Crippen LogP) is 6.63. The van der Waals surface area contributed by atoms with Crippen LogP contribution in [-0.4, -0.2) is 72.0 Å². The molecular weight excluding hydrogens is 623 g/mol. The number of ether oxygens (including phenoxy) is 2. The first-order valence-corrected chi connectivity index (χ1v) is 15.4. The number of hydrogen-bond donors (Lipinski definition) is 2. The van der Waals surface area contributed by atoms with Crippen LogP contribution in [0.5, 0.6) is 11.5 Å². The molecule has 0 bridgehead atoms. The summed E-state index contributed by atoms with van der Waals surface area (Å²) in [5.41, 5.74) is 3.33. The molecule has 0 saturated heterocycles. The van der Waals surface area contributed by atoms with Crippen LogP contribution in [0.15, 0.2) is 79.1 Å². The van der Waals surface area contributed by atoms with Crippen LogP contribution >= 0.6 is 11.3 Å². The maximum Gasteiger partial charge on any atom is 0.323 e. The molecule has 47 heavy (non-hydrogen) atoms. The van der Waals surface area contributed by atoms with Gasteiger partial charge < -0.3 is 29.9 Å². The van der Waals surface area contributed by atoms with Crippen LogP contribution < -0.4 is 15.4 Å². The number of carbonyl (C=O) groups is 3. The normalized spacial score (nSPS) is 10.8. The first kappa shape index (κ1) is 33.0. The van der Waals surface area contributed by atoms with E-state index >= 15 is 4.39 Å². The predicted molar refractivity (Wildman–Crippen MR) is 179 cm³/mol. The summed E-state index contributed by atoms with van der Waals surface area (Å²) in [6, 6.07) is 17.4. The average Bonchev–Trinajstić information content (AvgIpc) is 3.49. The zero-order chi connectivity index (χ0) is 33.5. The topological polar surface area (TPSA) is 126 Å². The SMILES string of the molecule is COCCN(Cc1ccc(-c2cc3nccc(Oc4ccc(NC(=O)Nc5cccc(C(=O)N(C)C)c5)cc4F)c3s2)nc1)C(C)=O. The maximum atomic E-state index is 15.2. The third-order valence-corrected chi connectivity index (χ3v) is 8.18. The number of nitrogens with one attached hydrogen (secondary N) is 2. The number of rotatable bonds is 11. The average molecular weight is 657 g/mol. The van der Waals surface area contributed by atoms with Gasteiger partial charge in [0.05, 0.1) is 27.4 Å². The number of thiophene rings is 1. The highest BCUT2D eigenvalue weighted by Crippen LogP contribution is 2.39. The number of amides is 4. The summed E-state index contributed by atoms with van der Waals surface area (Å²) < 4.78 is 26.9. The highest BCUT2D eigenvalue weighted by molar-refractivity contribution is 7.22. The molecule has 0 saturated carbocycles. The first-order chi connectivity index (χ1) is 22.6. The first-order valence-electron chi connectivity index (χ1n) is 14.6. The second-order valence-corrected chi connectivity index (χ2v) is 11.8. The van der Waals surface area contributed by atoms with Crippen LogP contribution in [-0.2, 0) is 16.1 Å². The summed E-state index contributed by atoms with van der Waals surface area (Å²) in [6.45, 7) is 2.89. The number of hydrogen-bond acceptors (Lipinski definition) is 8. The lowest BCUT2D eigenvalue weighted by Gasteiger charge is -2.20. The van der Waals surface area contributed by atoms with E-state index in [0.717, 1.165) is 22.2 Å². The van der Waals surface area contributed by atoms with Crippen molar-refractivity contribution in [1.29, 1.82) is 0 Å². The third kappa shape index (κ3) is 8.26. The van der Waals surface area contributed by atoms with Crippen molar-refractivity contribution in [1.82, 2.24) is 19.8 Å². The van der Waals surface area contributed by atoms with E-state index in [2.05, 4.69) is 20.6 Å². The van der Waals surface area contributed by atoms with E-state index in [9.17, 15) is 14.4 Å². The van der Waals surface area contributed by atoms with Crippen LogP contribution in [0.25, 0.3) is 20.8 Å². The van der Waals surface area contributed by atoms with Gasteiger partial charge in [0.15, 0.2) is 11.6 Å². The molecule has 4 amide bonds. The van der Waals surface area contributed by atoms with Gasteiger partial charge in [0.2, 0.25) is 5.91 Å². The molecule has 0 unspecified atom stereocenters. The number of methoxy groups -OCH3 is 1. The number of halogens is 1. The zero-order valence-electron chi connectivity index (χ0n) is 26.2. The van der Waals surface area contributed by atoms with Crippen molar-refractivity contribution in [2.45, 2.75) is 13.5 Å². The van der Waals surface area contributed by atoms with Crippen LogP contribution in [0.4, 0.5) is 20.6 Å². The number of fused-ring (bicyclic) bond motifs is 1. The lowest BCUT2D eigenvalue weighted by Crippen LogP contribution is -2.31. The molecular formula is C34H33FN6O5S. The molecule has 2 aromatic carbocycles. The fourth-order valence-corrected chi connectivity index (χ4v) is 5.66. The van der Waals surface area contributed by atoms with Gasteiger partial charge >= 0.3 is 6.03 Å². The van der Waals surface area contributed by atoms with E-state index < -0.39 is 11.8 Å². The number of benzene rings is 2. The Labute approximate surface area is 275 Å². The van der Waals surface area contributed by atoms with Crippen molar-refractivity contribution in [2.75, 3.05) is 45.0 Å². The van der Waals surface area contributed by atoms with E-state index in [0.29, 0.717) is 46.9 Å². The van der Waals surface area contributed by atoms with Crippen molar-refractivity contribution >= 4 is 50.8 Å². The molecule has 13 heteroatoms. The maximum absolute atomic E-state index is 15.2. The van der Waals surface area contributed by atoms with Gasteiger partial charge in [-0.3, -0.25) is 19.6 Å². The molecule has 11 nitrogen and oxygen atoms in total. The Morgan fingerprint density at radius 1 is 0.936 bits per heavy atom. The summed E-state index contributed by atoms with van der Waals surface area (Å²) in [5, 5.41) is 5.24. The largest absolute Gasteiger partial charge is 0.453 e. The number of aromatic nitrogens is 2. The molecule has 2 N–H and O–H groups in total. The van der Waals surface area contributed by atoms with Gasteiger partial charge in [-0.2, -0.15) is 0 Å².